The predicted octanol–water partition coefficient (Wildman–Crippen LogP) is 4.28. The molecule has 1 N–H and O–H groups in total. The maximum atomic E-state index is 5.80. The van der Waals surface area contributed by atoms with Crippen LogP contribution in [0.5, 0.6) is 0 Å². The summed E-state index contributed by atoms with van der Waals surface area (Å²) in [6.45, 7) is 0. The van der Waals surface area contributed by atoms with Crippen LogP contribution in [0.4, 0.5) is 0 Å². The average molecular weight is 279 g/mol. The van der Waals surface area contributed by atoms with Crippen LogP contribution in [-0.4, -0.2) is 25.3 Å². The molecule has 0 radical (unpaired) electrons. The summed E-state index contributed by atoms with van der Waals surface area (Å²) in [7, 11) is 1.93. The van der Waals surface area contributed by atoms with Crippen molar-refractivity contribution < 1.29 is 4.74 Å². The van der Waals surface area contributed by atoms with Gasteiger partial charge < -0.3 is 10.1 Å². The molecule has 0 bridgehead atoms. The van der Waals surface area contributed by atoms with Gasteiger partial charge in [0.1, 0.15) is 0 Å². The highest BCUT2D eigenvalue weighted by atomic mass is 16.5. The summed E-state index contributed by atoms with van der Waals surface area (Å²) >= 11 is 0. The number of ether oxygens (including phenoxy) is 1. The molecule has 2 nitrogen and oxygen atoms in total. The van der Waals surface area contributed by atoms with Gasteiger partial charge in [0.2, 0.25) is 0 Å². The van der Waals surface area contributed by atoms with Crippen molar-refractivity contribution in [3.63, 3.8) is 0 Å². The predicted molar refractivity (Wildman–Crippen MR) is 83.9 cm³/mol. The van der Waals surface area contributed by atoms with Gasteiger partial charge in [-0.2, -0.15) is 0 Å². The third-order valence-corrected chi connectivity index (χ3v) is 5.92. The van der Waals surface area contributed by atoms with Gasteiger partial charge in [0, 0.05) is 19.2 Å². The number of methoxy groups -OCH3 is 1. The van der Waals surface area contributed by atoms with E-state index in [-0.39, 0.29) is 0 Å². The second-order valence-electron chi connectivity index (χ2n) is 7.50. The van der Waals surface area contributed by atoms with Crippen molar-refractivity contribution in [2.24, 2.45) is 11.8 Å². The van der Waals surface area contributed by atoms with E-state index >= 15 is 0 Å². The summed E-state index contributed by atoms with van der Waals surface area (Å²) in [5.41, 5.74) is 0. The molecule has 3 aliphatic carbocycles. The first-order valence-corrected chi connectivity index (χ1v) is 9.15. The van der Waals surface area contributed by atoms with Crippen LogP contribution in [0.15, 0.2) is 0 Å². The lowest BCUT2D eigenvalue weighted by molar-refractivity contribution is 0.0163. The van der Waals surface area contributed by atoms with Crippen molar-refractivity contribution in [2.45, 2.75) is 95.2 Å². The van der Waals surface area contributed by atoms with Crippen LogP contribution in [0.25, 0.3) is 0 Å². The van der Waals surface area contributed by atoms with E-state index in [4.69, 9.17) is 4.74 Å². The molecule has 3 rings (SSSR count). The SMILES string of the molecule is COC(C1CCC(NC2CCCCCC2)CC1)C1CC1. The smallest absolute Gasteiger partial charge is 0.0627 e. The Hall–Kier alpha value is -0.0800. The Morgan fingerprint density at radius 1 is 0.700 bits per heavy atom. The molecule has 1 unspecified atom stereocenters. The van der Waals surface area contributed by atoms with Crippen LogP contribution < -0.4 is 5.32 Å². The largest absolute Gasteiger partial charge is 0.381 e. The van der Waals surface area contributed by atoms with Crippen LogP contribution in [-0.2, 0) is 4.74 Å². The topological polar surface area (TPSA) is 21.3 Å². The fraction of sp³-hybridized carbons (Fsp3) is 1.00. The zero-order valence-corrected chi connectivity index (χ0v) is 13.3. The van der Waals surface area contributed by atoms with Gasteiger partial charge in [0.05, 0.1) is 6.10 Å². The minimum absolute atomic E-state index is 0.578. The molecule has 1 atom stereocenters. The van der Waals surface area contributed by atoms with Crippen LogP contribution in [0.2, 0.25) is 0 Å². The molecule has 116 valence electrons. The molecule has 0 spiro atoms. The Morgan fingerprint density at radius 3 is 1.70 bits per heavy atom. The van der Waals surface area contributed by atoms with Gasteiger partial charge in [0.15, 0.2) is 0 Å². The Balaban J connectivity index is 1.41. The van der Waals surface area contributed by atoms with Crippen molar-refractivity contribution in [2.75, 3.05) is 7.11 Å². The van der Waals surface area contributed by atoms with Gasteiger partial charge in [-0.1, -0.05) is 25.7 Å². The molecular weight excluding hydrogens is 246 g/mol. The Kier molecular flexibility index (Phi) is 5.39. The molecule has 0 aromatic rings. The summed E-state index contributed by atoms with van der Waals surface area (Å²) in [5, 5.41) is 3.98. The molecule has 0 aromatic heterocycles. The third kappa shape index (κ3) is 3.98. The lowest BCUT2D eigenvalue weighted by Crippen LogP contribution is -2.42. The highest BCUT2D eigenvalue weighted by Crippen LogP contribution is 2.41. The quantitative estimate of drug-likeness (QED) is 0.758. The van der Waals surface area contributed by atoms with Gasteiger partial charge in [-0.15, -0.1) is 0 Å². The number of nitrogens with one attached hydrogen (secondary N) is 1. The normalized spacial score (nSPS) is 34.6. The average Bonchev–Trinajstić information content (AvgIpc) is 3.29. The first-order valence-electron chi connectivity index (χ1n) is 9.15. The number of rotatable bonds is 5. The monoisotopic (exact) mass is 279 g/mol. The molecule has 0 heterocycles. The maximum Gasteiger partial charge on any atom is 0.0627 e. The van der Waals surface area contributed by atoms with Crippen molar-refractivity contribution in [1.82, 2.24) is 5.32 Å². The molecule has 0 aromatic carbocycles. The number of hydrogen-bond acceptors (Lipinski definition) is 2. The van der Waals surface area contributed by atoms with Crippen molar-refractivity contribution in [1.29, 1.82) is 0 Å². The second-order valence-corrected chi connectivity index (χ2v) is 7.50. The Morgan fingerprint density at radius 2 is 1.20 bits per heavy atom. The summed E-state index contributed by atoms with van der Waals surface area (Å²) in [6, 6.07) is 1.62. The second kappa shape index (κ2) is 7.26. The Labute approximate surface area is 125 Å². The van der Waals surface area contributed by atoms with E-state index in [1.165, 1.54) is 77.0 Å². The summed E-state index contributed by atoms with van der Waals surface area (Å²) in [6.07, 6.45) is 17.6. The first-order chi connectivity index (χ1) is 9.86. The molecule has 0 saturated heterocycles. The molecular formula is C18H33NO. The fourth-order valence-electron chi connectivity index (χ4n) is 4.59. The van der Waals surface area contributed by atoms with E-state index in [0.29, 0.717) is 6.10 Å². The van der Waals surface area contributed by atoms with Crippen molar-refractivity contribution in [3.8, 4) is 0 Å². The summed E-state index contributed by atoms with van der Waals surface area (Å²) in [5.74, 6) is 1.75. The van der Waals surface area contributed by atoms with Gasteiger partial charge in [-0.3, -0.25) is 0 Å². The fourth-order valence-corrected chi connectivity index (χ4v) is 4.59. The van der Waals surface area contributed by atoms with Gasteiger partial charge in [-0.25, -0.2) is 0 Å². The number of hydrogen-bond donors (Lipinski definition) is 1. The van der Waals surface area contributed by atoms with E-state index < -0.39 is 0 Å². The van der Waals surface area contributed by atoms with E-state index in [1.807, 2.05) is 7.11 Å². The first kappa shape index (κ1) is 14.8. The van der Waals surface area contributed by atoms with Crippen LogP contribution in [0, 0.1) is 11.8 Å². The van der Waals surface area contributed by atoms with Gasteiger partial charge in [0.25, 0.3) is 0 Å². The van der Waals surface area contributed by atoms with Crippen LogP contribution >= 0.6 is 0 Å². The minimum atomic E-state index is 0.578. The molecule has 3 aliphatic rings. The van der Waals surface area contributed by atoms with Gasteiger partial charge >= 0.3 is 0 Å². The van der Waals surface area contributed by atoms with Crippen molar-refractivity contribution in [3.05, 3.63) is 0 Å². The Bertz CT molecular complexity index is 273. The zero-order valence-electron chi connectivity index (χ0n) is 13.3. The standard InChI is InChI=1S/C18H33NO/c1-20-18(14-8-9-14)15-10-12-17(13-11-15)19-16-6-4-2-3-5-7-16/h14-19H,2-13H2,1H3. The van der Waals surface area contributed by atoms with E-state index in [1.54, 1.807) is 0 Å². The van der Waals surface area contributed by atoms with Crippen LogP contribution in [0.3, 0.4) is 0 Å². The molecule has 2 heteroatoms. The van der Waals surface area contributed by atoms with E-state index in [2.05, 4.69) is 5.32 Å². The maximum absolute atomic E-state index is 5.80. The molecule has 3 fully saturated rings. The molecule has 0 aliphatic heterocycles. The van der Waals surface area contributed by atoms with Gasteiger partial charge in [-0.05, 0) is 63.2 Å². The van der Waals surface area contributed by atoms with Crippen molar-refractivity contribution >= 4 is 0 Å². The third-order valence-electron chi connectivity index (χ3n) is 5.92. The lowest BCUT2D eigenvalue weighted by Gasteiger charge is -2.35. The molecule has 3 saturated carbocycles. The lowest BCUT2D eigenvalue weighted by atomic mass is 9.81. The van der Waals surface area contributed by atoms with E-state index in [9.17, 15) is 0 Å². The highest BCUT2D eigenvalue weighted by Gasteiger charge is 2.38. The molecule has 20 heavy (non-hydrogen) atoms. The summed E-state index contributed by atoms with van der Waals surface area (Å²) < 4.78 is 5.80. The minimum Gasteiger partial charge on any atom is -0.381 e. The summed E-state index contributed by atoms with van der Waals surface area (Å²) in [4.78, 5) is 0. The van der Waals surface area contributed by atoms with E-state index in [0.717, 1.165) is 23.9 Å². The zero-order chi connectivity index (χ0) is 13.8. The highest BCUT2D eigenvalue weighted by molar-refractivity contribution is 4.90. The molecule has 0 amide bonds. The van der Waals surface area contributed by atoms with Crippen LogP contribution in [0.1, 0.15) is 77.0 Å².